The van der Waals surface area contributed by atoms with E-state index in [1.54, 1.807) is 58.3 Å². The van der Waals surface area contributed by atoms with Crippen LogP contribution in [0.2, 0.25) is 0 Å². The van der Waals surface area contributed by atoms with Crippen molar-refractivity contribution in [3.05, 3.63) is 84.2 Å². The fourth-order valence-electron chi connectivity index (χ4n) is 3.35. The number of anilines is 1. The maximum Gasteiger partial charge on any atom is 0.253 e. The monoisotopic (exact) mass is 510 g/mol. The van der Waals surface area contributed by atoms with Gasteiger partial charge in [-0.3, -0.25) is 14.6 Å². The van der Waals surface area contributed by atoms with Gasteiger partial charge in [0.2, 0.25) is 15.9 Å². The van der Waals surface area contributed by atoms with Gasteiger partial charge < -0.3 is 15.4 Å². The van der Waals surface area contributed by atoms with Gasteiger partial charge in [0.25, 0.3) is 5.91 Å². The molecule has 9 nitrogen and oxygen atoms in total. The van der Waals surface area contributed by atoms with Gasteiger partial charge in [0.05, 0.1) is 17.6 Å². The largest absolute Gasteiger partial charge is 0.497 e. The van der Waals surface area contributed by atoms with Gasteiger partial charge in [0.15, 0.2) is 0 Å². The zero-order valence-electron chi connectivity index (χ0n) is 20.6. The molecule has 0 aliphatic rings. The summed E-state index contributed by atoms with van der Waals surface area (Å²) >= 11 is 0. The van der Waals surface area contributed by atoms with Crippen LogP contribution in [0.5, 0.6) is 5.75 Å². The van der Waals surface area contributed by atoms with Crippen LogP contribution in [0.3, 0.4) is 0 Å². The van der Waals surface area contributed by atoms with Crippen LogP contribution in [0, 0.1) is 0 Å². The van der Waals surface area contributed by atoms with Crippen molar-refractivity contribution in [3.63, 3.8) is 0 Å². The van der Waals surface area contributed by atoms with Gasteiger partial charge in [-0.25, -0.2) is 13.1 Å². The lowest BCUT2D eigenvalue weighted by atomic mass is 10.0. The molecule has 36 heavy (non-hydrogen) atoms. The number of ether oxygens (including phenoxy) is 1. The zero-order chi connectivity index (χ0) is 26.3. The van der Waals surface area contributed by atoms with Gasteiger partial charge in [-0.1, -0.05) is 12.1 Å². The van der Waals surface area contributed by atoms with Gasteiger partial charge in [-0.15, -0.1) is 0 Å². The van der Waals surface area contributed by atoms with E-state index < -0.39 is 33.4 Å². The van der Waals surface area contributed by atoms with E-state index in [0.717, 1.165) is 5.56 Å². The van der Waals surface area contributed by atoms with Gasteiger partial charge in [-0.05, 0) is 74.9 Å². The van der Waals surface area contributed by atoms with E-state index in [0.29, 0.717) is 17.0 Å². The van der Waals surface area contributed by atoms with Crippen molar-refractivity contribution in [1.82, 2.24) is 15.0 Å². The summed E-state index contributed by atoms with van der Waals surface area (Å²) in [7, 11) is -2.14. The molecule has 0 aliphatic carbocycles. The number of hydrogen-bond acceptors (Lipinski definition) is 6. The number of methoxy groups -OCH3 is 1. The molecule has 3 aromatic rings. The number of carbonyl (C=O) groups is 2. The fraction of sp³-hybridized carbons (Fsp3) is 0.269. The van der Waals surface area contributed by atoms with Crippen molar-refractivity contribution in [3.8, 4) is 5.75 Å². The lowest BCUT2D eigenvalue weighted by Crippen LogP contribution is -2.45. The van der Waals surface area contributed by atoms with E-state index in [-0.39, 0.29) is 11.3 Å². The summed E-state index contributed by atoms with van der Waals surface area (Å²) in [4.78, 5) is 30.0. The normalized spacial score (nSPS) is 12.4. The first-order valence-electron chi connectivity index (χ1n) is 11.3. The van der Waals surface area contributed by atoms with Crippen molar-refractivity contribution in [1.29, 1.82) is 0 Å². The van der Waals surface area contributed by atoms with Crippen molar-refractivity contribution < 1.29 is 22.7 Å². The zero-order valence-corrected chi connectivity index (χ0v) is 21.4. The second-order valence-corrected chi connectivity index (χ2v) is 10.9. The van der Waals surface area contributed by atoms with Crippen molar-refractivity contribution in [2.45, 2.75) is 43.7 Å². The number of nitrogens with one attached hydrogen (secondary N) is 3. The third kappa shape index (κ3) is 7.62. The van der Waals surface area contributed by atoms with Crippen LogP contribution in [0.25, 0.3) is 0 Å². The number of pyridine rings is 1. The molecule has 0 aliphatic heterocycles. The first-order valence-corrected chi connectivity index (χ1v) is 12.7. The number of benzene rings is 2. The Bertz CT molecular complexity index is 1290. The van der Waals surface area contributed by atoms with Crippen LogP contribution in [0.1, 0.15) is 36.7 Å². The van der Waals surface area contributed by atoms with E-state index in [1.165, 1.54) is 30.5 Å². The van der Waals surface area contributed by atoms with E-state index in [1.807, 2.05) is 12.1 Å². The highest BCUT2D eigenvalue weighted by Gasteiger charge is 2.24. The van der Waals surface area contributed by atoms with Crippen molar-refractivity contribution in [2.75, 3.05) is 12.4 Å². The summed E-state index contributed by atoms with van der Waals surface area (Å²) in [5, 5.41) is 5.52. The summed E-state index contributed by atoms with van der Waals surface area (Å²) in [6.07, 6.45) is 3.20. The first kappa shape index (κ1) is 26.8. The standard InChI is InChI=1S/C26H30N4O5S/c1-26(2,3)30-36(33,34)22-13-9-20(10-14-22)28-25(32)23(16-18-7-11-21(35-4)12-8-18)29-24(31)19-6-5-15-27-17-19/h5-15,17,23,30H,16H2,1-4H3,(H,28,32)(H,29,31). The third-order valence-electron chi connectivity index (χ3n) is 5.02. The van der Waals surface area contributed by atoms with Gasteiger partial charge >= 0.3 is 0 Å². The van der Waals surface area contributed by atoms with E-state index in [9.17, 15) is 18.0 Å². The lowest BCUT2D eigenvalue weighted by Gasteiger charge is -2.21. The Morgan fingerprint density at radius 1 is 1.00 bits per heavy atom. The van der Waals surface area contributed by atoms with Crippen LogP contribution in [0.4, 0.5) is 5.69 Å². The highest BCUT2D eigenvalue weighted by Crippen LogP contribution is 2.18. The molecule has 10 heteroatoms. The van der Waals surface area contributed by atoms with E-state index in [4.69, 9.17) is 4.74 Å². The number of rotatable bonds is 9. The Labute approximate surface area is 211 Å². The number of amides is 2. The molecule has 0 spiro atoms. The highest BCUT2D eigenvalue weighted by molar-refractivity contribution is 7.89. The number of carbonyl (C=O) groups excluding carboxylic acids is 2. The molecule has 1 heterocycles. The molecule has 0 radical (unpaired) electrons. The molecule has 3 N–H and O–H groups in total. The van der Waals surface area contributed by atoms with Crippen LogP contribution in [-0.4, -0.2) is 43.9 Å². The molecule has 3 rings (SSSR count). The van der Waals surface area contributed by atoms with Crippen molar-refractivity contribution in [2.24, 2.45) is 0 Å². The summed E-state index contributed by atoms with van der Waals surface area (Å²) in [5.41, 5.74) is 0.903. The third-order valence-corrected chi connectivity index (χ3v) is 6.79. The average molecular weight is 511 g/mol. The molecule has 190 valence electrons. The second-order valence-electron chi connectivity index (χ2n) is 9.19. The molecule has 0 fully saturated rings. The molecular formula is C26H30N4O5S. The number of sulfonamides is 1. The fourth-order valence-corrected chi connectivity index (χ4v) is 4.77. The summed E-state index contributed by atoms with van der Waals surface area (Å²) in [6, 6.07) is 15.4. The molecular weight excluding hydrogens is 480 g/mol. The minimum atomic E-state index is -3.71. The Balaban J connectivity index is 1.78. The predicted octanol–water partition coefficient (Wildman–Crippen LogP) is 3.15. The maximum absolute atomic E-state index is 13.2. The molecule has 2 amide bonds. The highest BCUT2D eigenvalue weighted by atomic mass is 32.2. The van der Waals surface area contributed by atoms with Gasteiger partial charge in [0, 0.05) is 30.0 Å². The van der Waals surface area contributed by atoms with Crippen LogP contribution < -0.4 is 20.1 Å². The molecule has 1 atom stereocenters. The molecule has 2 aromatic carbocycles. The van der Waals surface area contributed by atoms with Crippen LogP contribution in [-0.2, 0) is 21.2 Å². The average Bonchev–Trinajstić information content (AvgIpc) is 2.83. The van der Waals surface area contributed by atoms with Crippen LogP contribution in [0.15, 0.2) is 78.0 Å². The Hall–Kier alpha value is -3.76. The summed E-state index contributed by atoms with van der Waals surface area (Å²) < 4.78 is 32.8. The molecule has 1 unspecified atom stereocenters. The Morgan fingerprint density at radius 3 is 2.22 bits per heavy atom. The topological polar surface area (TPSA) is 126 Å². The first-order chi connectivity index (χ1) is 17.0. The van der Waals surface area contributed by atoms with Gasteiger partial charge in [-0.2, -0.15) is 0 Å². The SMILES string of the molecule is COc1ccc(CC(NC(=O)c2cccnc2)C(=O)Nc2ccc(S(=O)(=O)NC(C)(C)C)cc2)cc1. The quantitative estimate of drug-likeness (QED) is 0.406. The smallest absolute Gasteiger partial charge is 0.253 e. The minimum absolute atomic E-state index is 0.0788. The van der Waals surface area contributed by atoms with Gasteiger partial charge in [0.1, 0.15) is 11.8 Å². The van der Waals surface area contributed by atoms with E-state index in [2.05, 4.69) is 20.3 Å². The van der Waals surface area contributed by atoms with Crippen LogP contribution >= 0.6 is 0 Å². The molecule has 0 bridgehead atoms. The molecule has 0 saturated carbocycles. The Kier molecular flexibility index (Phi) is 8.44. The molecule has 1 aromatic heterocycles. The molecule has 0 saturated heterocycles. The lowest BCUT2D eigenvalue weighted by molar-refractivity contribution is -0.118. The summed E-state index contributed by atoms with van der Waals surface area (Å²) in [6.45, 7) is 5.26. The number of aromatic nitrogens is 1. The predicted molar refractivity (Wildman–Crippen MR) is 137 cm³/mol. The number of hydrogen-bond donors (Lipinski definition) is 3. The second kappa shape index (κ2) is 11.3. The van der Waals surface area contributed by atoms with E-state index >= 15 is 0 Å². The van der Waals surface area contributed by atoms with Crippen molar-refractivity contribution >= 4 is 27.5 Å². The maximum atomic E-state index is 13.2. The summed E-state index contributed by atoms with van der Waals surface area (Å²) in [5.74, 6) is -0.215. The minimum Gasteiger partial charge on any atom is -0.497 e. The number of nitrogens with zero attached hydrogens (tertiary/aromatic N) is 1. The Morgan fingerprint density at radius 2 is 1.67 bits per heavy atom.